The molecule has 0 N–H and O–H groups in total. The Bertz CT molecular complexity index is 171. The summed E-state index contributed by atoms with van der Waals surface area (Å²) in [6.07, 6.45) is 0.469. The van der Waals surface area contributed by atoms with Gasteiger partial charge in [0.1, 0.15) is 0 Å². The van der Waals surface area contributed by atoms with E-state index in [1.165, 1.54) is 7.11 Å². The van der Waals surface area contributed by atoms with Crippen LogP contribution in [0.25, 0.3) is 0 Å². The first-order chi connectivity index (χ1) is 6.24. The average molecular weight is 224 g/mol. The minimum absolute atomic E-state index is 0. The molecule has 0 amide bonds. The zero-order valence-corrected chi connectivity index (χ0v) is 9.51. The van der Waals surface area contributed by atoms with Gasteiger partial charge in [0.15, 0.2) is 0 Å². The fourth-order valence-electron chi connectivity index (χ4n) is 1.47. The molecule has 0 bridgehead atoms. The molecule has 0 spiro atoms. The van der Waals surface area contributed by atoms with Crippen molar-refractivity contribution in [1.29, 1.82) is 0 Å². The minimum atomic E-state index is -0.140. The Morgan fingerprint density at radius 3 is 2.57 bits per heavy atom. The number of esters is 1. The number of hydrogen-bond donors (Lipinski definition) is 0. The van der Waals surface area contributed by atoms with Gasteiger partial charge in [-0.3, -0.25) is 9.69 Å². The third-order valence-corrected chi connectivity index (χ3v) is 2.36. The predicted molar refractivity (Wildman–Crippen MR) is 55.7 cm³/mol. The molecular weight excluding hydrogens is 206 g/mol. The Kier molecular flexibility index (Phi) is 6.87. The SMILES string of the molecule is COC(=O)CC(C)N1CCOCC1.Cl. The van der Waals surface area contributed by atoms with Crippen molar-refractivity contribution < 1.29 is 14.3 Å². The van der Waals surface area contributed by atoms with Crippen molar-refractivity contribution in [3.63, 3.8) is 0 Å². The lowest BCUT2D eigenvalue weighted by Gasteiger charge is -2.31. The zero-order valence-electron chi connectivity index (χ0n) is 8.69. The fraction of sp³-hybridized carbons (Fsp3) is 0.889. The van der Waals surface area contributed by atoms with Crippen molar-refractivity contribution in [3.05, 3.63) is 0 Å². The maximum Gasteiger partial charge on any atom is 0.307 e. The number of carbonyl (C=O) groups excluding carboxylic acids is 1. The largest absolute Gasteiger partial charge is 0.469 e. The Labute approximate surface area is 91.0 Å². The molecule has 1 atom stereocenters. The van der Waals surface area contributed by atoms with Gasteiger partial charge in [-0.1, -0.05) is 0 Å². The summed E-state index contributed by atoms with van der Waals surface area (Å²) in [5.74, 6) is -0.140. The summed E-state index contributed by atoms with van der Waals surface area (Å²) in [5, 5.41) is 0. The van der Waals surface area contributed by atoms with E-state index in [4.69, 9.17) is 4.74 Å². The quantitative estimate of drug-likeness (QED) is 0.660. The molecule has 0 aliphatic carbocycles. The number of morpholine rings is 1. The lowest BCUT2D eigenvalue weighted by Crippen LogP contribution is -2.43. The number of nitrogens with zero attached hydrogens (tertiary/aromatic N) is 1. The molecule has 1 saturated heterocycles. The molecule has 1 aliphatic heterocycles. The molecule has 0 saturated carbocycles. The van der Waals surface area contributed by atoms with Crippen molar-refractivity contribution in [1.82, 2.24) is 4.90 Å². The van der Waals surface area contributed by atoms with Gasteiger partial charge in [-0.05, 0) is 6.92 Å². The summed E-state index contributed by atoms with van der Waals surface area (Å²) in [5.41, 5.74) is 0. The van der Waals surface area contributed by atoms with Gasteiger partial charge in [0.2, 0.25) is 0 Å². The predicted octanol–water partition coefficient (Wildman–Crippen LogP) is 0.692. The van der Waals surface area contributed by atoms with E-state index in [9.17, 15) is 4.79 Å². The molecule has 1 heterocycles. The van der Waals surface area contributed by atoms with E-state index >= 15 is 0 Å². The molecule has 4 nitrogen and oxygen atoms in total. The number of carbonyl (C=O) groups is 1. The van der Waals surface area contributed by atoms with Crippen LogP contribution in [0.3, 0.4) is 0 Å². The van der Waals surface area contributed by atoms with E-state index in [1.54, 1.807) is 0 Å². The summed E-state index contributed by atoms with van der Waals surface area (Å²) in [4.78, 5) is 13.2. The van der Waals surface area contributed by atoms with Crippen LogP contribution < -0.4 is 0 Å². The molecule has 14 heavy (non-hydrogen) atoms. The van der Waals surface area contributed by atoms with Gasteiger partial charge in [0.25, 0.3) is 0 Å². The summed E-state index contributed by atoms with van der Waals surface area (Å²) in [6.45, 7) is 5.41. The van der Waals surface area contributed by atoms with Crippen LogP contribution in [0.4, 0.5) is 0 Å². The molecule has 1 unspecified atom stereocenters. The van der Waals surface area contributed by atoms with Gasteiger partial charge in [0.05, 0.1) is 26.7 Å². The highest BCUT2D eigenvalue weighted by Crippen LogP contribution is 2.07. The summed E-state index contributed by atoms with van der Waals surface area (Å²) < 4.78 is 9.84. The zero-order chi connectivity index (χ0) is 9.68. The average Bonchev–Trinajstić information content (AvgIpc) is 2.19. The second kappa shape index (κ2) is 7.04. The fourth-order valence-corrected chi connectivity index (χ4v) is 1.47. The van der Waals surface area contributed by atoms with E-state index in [2.05, 4.69) is 9.64 Å². The van der Waals surface area contributed by atoms with Gasteiger partial charge in [0, 0.05) is 19.1 Å². The number of hydrogen-bond acceptors (Lipinski definition) is 4. The van der Waals surface area contributed by atoms with Crippen molar-refractivity contribution in [2.45, 2.75) is 19.4 Å². The van der Waals surface area contributed by atoms with Crippen LogP contribution in [0.5, 0.6) is 0 Å². The maximum atomic E-state index is 11.0. The summed E-state index contributed by atoms with van der Waals surface area (Å²) in [6, 6.07) is 0.261. The maximum absolute atomic E-state index is 11.0. The lowest BCUT2D eigenvalue weighted by atomic mass is 10.2. The van der Waals surface area contributed by atoms with Crippen LogP contribution in [0.1, 0.15) is 13.3 Å². The van der Waals surface area contributed by atoms with Crippen LogP contribution in [0.2, 0.25) is 0 Å². The lowest BCUT2D eigenvalue weighted by molar-refractivity contribution is -0.142. The Morgan fingerprint density at radius 2 is 2.07 bits per heavy atom. The number of rotatable bonds is 3. The van der Waals surface area contributed by atoms with Crippen LogP contribution >= 0.6 is 12.4 Å². The monoisotopic (exact) mass is 223 g/mol. The third kappa shape index (κ3) is 4.26. The van der Waals surface area contributed by atoms with Gasteiger partial charge in [-0.15, -0.1) is 12.4 Å². The van der Waals surface area contributed by atoms with Gasteiger partial charge in [-0.25, -0.2) is 0 Å². The molecule has 84 valence electrons. The smallest absolute Gasteiger partial charge is 0.307 e. The highest BCUT2D eigenvalue weighted by molar-refractivity contribution is 5.85. The Morgan fingerprint density at radius 1 is 1.50 bits per heavy atom. The number of ether oxygens (including phenoxy) is 2. The molecule has 0 aromatic rings. The van der Waals surface area contributed by atoms with Gasteiger partial charge < -0.3 is 9.47 Å². The van der Waals surface area contributed by atoms with E-state index in [1.807, 2.05) is 6.92 Å². The van der Waals surface area contributed by atoms with E-state index in [-0.39, 0.29) is 24.4 Å². The molecule has 5 heteroatoms. The normalized spacial score (nSPS) is 19.6. The molecule has 0 aromatic heterocycles. The molecule has 0 radical (unpaired) electrons. The highest BCUT2D eigenvalue weighted by atomic mass is 35.5. The summed E-state index contributed by atoms with van der Waals surface area (Å²) in [7, 11) is 1.42. The molecule has 1 rings (SSSR count). The molecular formula is C9H18ClNO3. The van der Waals surface area contributed by atoms with Crippen LogP contribution in [0, 0.1) is 0 Å². The third-order valence-electron chi connectivity index (χ3n) is 2.36. The van der Waals surface area contributed by atoms with Crippen molar-refractivity contribution in [2.75, 3.05) is 33.4 Å². The standard InChI is InChI=1S/C9H17NO3.ClH/c1-8(7-9(11)12-2)10-3-5-13-6-4-10;/h8H,3-7H2,1-2H3;1H. The minimum Gasteiger partial charge on any atom is -0.469 e. The highest BCUT2D eigenvalue weighted by Gasteiger charge is 2.19. The first kappa shape index (κ1) is 13.7. The van der Waals surface area contributed by atoms with Crippen molar-refractivity contribution >= 4 is 18.4 Å². The van der Waals surface area contributed by atoms with Crippen LogP contribution in [0.15, 0.2) is 0 Å². The molecule has 1 aliphatic rings. The first-order valence-corrected chi connectivity index (χ1v) is 4.62. The number of halogens is 1. The van der Waals surface area contributed by atoms with E-state index < -0.39 is 0 Å². The van der Waals surface area contributed by atoms with Gasteiger partial charge >= 0.3 is 5.97 Å². The summed E-state index contributed by atoms with van der Waals surface area (Å²) >= 11 is 0. The number of methoxy groups -OCH3 is 1. The molecule has 0 aromatic carbocycles. The van der Waals surface area contributed by atoms with Gasteiger partial charge in [-0.2, -0.15) is 0 Å². The van der Waals surface area contributed by atoms with Crippen LogP contribution in [-0.4, -0.2) is 50.3 Å². The van der Waals surface area contributed by atoms with Crippen molar-refractivity contribution in [3.8, 4) is 0 Å². The second-order valence-electron chi connectivity index (χ2n) is 3.28. The van der Waals surface area contributed by atoms with Crippen molar-refractivity contribution in [2.24, 2.45) is 0 Å². The Balaban J connectivity index is 0.00000169. The topological polar surface area (TPSA) is 38.8 Å². The molecule has 1 fully saturated rings. The van der Waals surface area contributed by atoms with E-state index in [0.29, 0.717) is 6.42 Å². The first-order valence-electron chi connectivity index (χ1n) is 4.62. The second-order valence-corrected chi connectivity index (χ2v) is 3.28. The van der Waals surface area contributed by atoms with Crippen LogP contribution in [-0.2, 0) is 14.3 Å². The Hall–Kier alpha value is -0.320. The van der Waals surface area contributed by atoms with E-state index in [0.717, 1.165) is 26.3 Å².